The predicted molar refractivity (Wildman–Crippen MR) is 65.6 cm³/mol. The van der Waals surface area contributed by atoms with E-state index in [1.54, 1.807) is 0 Å². The Bertz CT molecular complexity index is 503. The fourth-order valence-corrected chi connectivity index (χ4v) is 1.97. The van der Waals surface area contributed by atoms with Crippen LogP contribution in [0.15, 0.2) is 22.8 Å². The van der Waals surface area contributed by atoms with Gasteiger partial charge >= 0.3 is 0 Å². The zero-order valence-electron chi connectivity index (χ0n) is 8.63. The first-order valence-corrected chi connectivity index (χ1v) is 5.46. The molecule has 0 aliphatic rings. The number of aryl methyl sites for hydroxylation is 2. The van der Waals surface area contributed by atoms with Crippen LogP contribution in [0.1, 0.15) is 11.1 Å². The van der Waals surface area contributed by atoms with Crippen molar-refractivity contribution in [3.05, 3.63) is 33.9 Å². The van der Waals surface area contributed by atoms with Crippen molar-refractivity contribution in [1.82, 2.24) is 9.97 Å². The Labute approximate surface area is 96.9 Å². The van der Waals surface area contributed by atoms with Gasteiger partial charge in [-0.05, 0) is 47.0 Å². The van der Waals surface area contributed by atoms with E-state index in [9.17, 15) is 0 Å². The van der Waals surface area contributed by atoms with Gasteiger partial charge in [-0.2, -0.15) is 0 Å². The minimum atomic E-state index is 0.426. The third kappa shape index (κ3) is 1.90. The molecule has 3 nitrogen and oxygen atoms in total. The second-order valence-corrected chi connectivity index (χ2v) is 4.38. The quantitative estimate of drug-likeness (QED) is 0.833. The summed E-state index contributed by atoms with van der Waals surface area (Å²) in [4.78, 5) is 7.15. The zero-order valence-corrected chi connectivity index (χ0v) is 10.2. The SMILES string of the molecule is Cc1ccc(-c2nc(N)[nH]c2Br)cc1C. The van der Waals surface area contributed by atoms with Crippen LogP contribution in [0.5, 0.6) is 0 Å². The van der Waals surface area contributed by atoms with Gasteiger partial charge in [0, 0.05) is 5.56 Å². The average molecular weight is 266 g/mol. The maximum absolute atomic E-state index is 5.59. The van der Waals surface area contributed by atoms with E-state index in [2.05, 4.69) is 51.9 Å². The van der Waals surface area contributed by atoms with E-state index < -0.39 is 0 Å². The number of aromatic amines is 1. The smallest absolute Gasteiger partial charge is 0.198 e. The number of benzene rings is 1. The van der Waals surface area contributed by atoms with Crippen LogP contribution in [0.2, 0.25) is 0 Å². The lowest BCUT2D eigenvalue weighted by Gasteiger charge is -2.02. The van der Waals surface area contributed by atoms with Crippen molar-refractivity contribution < 1.29 is 0 Å². The number of hydrogen-bond donors (Lipinski definition) is 2. The van der Waals surface area contributed by atoms with Crippen LogP contribution in [0.25, 0.3) is 11.3 Å². The summed E-state index contributed by atoms with van der Waals surface area (Å²) in [6.07, 6.45) is 0. The Morgan fingerprint density at radius 3 is 2.53 bits per heavy atom. The van der Waals surface area contributed by atoms with Gasteiger partial charge in [0.1, 0.15) is 10.3 Å². The number of anilines is 1. The molecule has 1 heterocycles. The fraction of sp³-hybridized carbons (Fsp3) is 0.182. The molecule has 0 spiro atoms. The molecular formula is C11H12BrN3. The number of nitrogens with one attached hydrogen (secondary N) is 1. The number of H-pyrrole nitrogens is 1. The van der Waals surface area contributed by atoms with E-state index >= 15 is 0 Å². The van der Waals surface area contributed by atoms with Crippen molar-refractivity contribution >= 4 is 21.9 Å². The molecule has 0 fully saturated rings. The summed E-state index contributed by atoms with van der Waals surface area (Å²) >= 11 is 3.40. The molecule has 3 N–H and O–H groups in total. The number of rotatable bonds is 1. The number of nitrogens with zero attached hydrogens (tertiary/aromatic N) is 1. The monoisotopic (exact) mass is 265 g/mol. The number of halogens is 1. The summed E-state index contributed by atoms with van der Waals surface area (Å²) in [7, 11) is 0. The number of nitrogens with two attached hydrogens (primary N) is 1. The number of nitrogen functional groups attached to an aromatic ring is 1. The number of aromatic nitrogens is 2. The van der Waals surface area contributed by atoms with Crippen molar-refractivity contribution in [2.24, 2.45) is 0 Å². The molecule has 0 radical (unpaired) electrons. The molecule has 1 aromatic heterocycles. The molecule has 2 rings (SSSR count). The van der Waals surface area contributed by atoms with Gasteiger partial charge in [0.25, 0.3) is 0 Å². The zero-order chi connectivity index (χ0) is 11.0. The third-order valence-corrected chi connectivity index (χ3v) is 3.03. The molecule has 0 amide bonds. The van der Waals surface area contributed by atoms with Crippen molar-refractivity contribution in [3.8, 4) is 11.3 Å². The summed E-state index contributed by atoms with van der Waals surface area (Å²) in [6.45, 7) is 4.18. The molecule has 0 unspecified atom stereocenters. The largest absolute Gasteiger partial charge is 0.369 e. The highest BCUT2D eigenvalue weighted by Crippen LogP contribution is 2.27. The van der Waals surface area contributed by atoms with E-state index in [1.165, 1.54) is 11.1 Å². The number of hydrogen-bond acceptors (Lipinski definition) is 2. The summed E-state index contributed by atoms with van der Waals surface area (Å²) in [6, 6.07) is 6.24. The lowest BCUT2D eigenvalue weighted by Crippen LogP contribution is -1.86. The van der Waals surface area contributed by atoms with Crippen molar-refractivity contribution in [3.63, 3.8) is 0 Å². The highest BCUT2D eigenvalue weighted by Gasteiger charge is 2.08. The van der Waals surface area contributed by atoms with Gasteiger partial charge in [-0.15, -0.1) is 0 Å². The Balaban J connectivity index is 2.54. The maximum Gasteiger partial charge on any atom is 0.198 e. The molecule has 1 aromatic carbocycles. The fourth-order valence-electron chi connectivity index (χ4n) is 1.45. The molecule has 0 saturated carbocycles. The second kappa shape index (κ2) is 3.70. The topological polar surface area (TPSA) is 54.7 Å². The summed E-state index contributed by atoms with van der Waals surface area (Å²) in [5, 5.41) is 0. The minimum absolute atomic E-state index is 0.426. The molecule has 0 bridgehead atoms. The van der Waals surface area contributed by atoms with Crippen LogP contribution in [0.4, 0.5) is 5.95 Å². The van der Waals surface area contributed by atoms with Gasteiger partial charge in [-0.25, -0.2) is 4.98 Å². The second-order valence-electron chi connectivity index (χ2n) is 3.58. The Morgan fingerprint density at radius 2 is 2.00 bits per heavy atom. The summed E-state index contributed by atoms with van der Waals surface area (Å²) in [5.41, 5.74) is 10.0. The van der Waals surface area contributed by atoms with Crippen molar-refractivity contribution in [2.75, 3.05) is 5.73 Å². The summed E-state index contributed by atoms with van der Waals surface area (Å²) in [5.74, 6) is 0.426. The van der Waals surface area contributed by atoms with E-state index in [4.69, 9.17) is 5.73 Å². The lowest BCUT2D eigenvalue weighted by atomic mass is 10.1. The van der Waals surface area contributed by atoms with Crippen LogP contribution in [-0.2, 0) is 0 Å². The van der Waals surface area contributed by atoms with Gasteiger partial charge in [-0.1, -0.05) is 12.1 Å². The van der Waals surface area contributed by atoms with Crippen LogP contribution in [-0.4, -0.2) is 9.97 Å². The average Bonchev–Trinajstić information content (AvgIpc) is 2.50. The van der Waals surface area contributed by atoms with Gasteiger partial charge in [0.2, 0.25) is 0 Å². The van der Waals surface area contributed by atoms with Gasteiger partial charge < -0.3 is 10.7 Å². The van der Waals surface area contributed by atoms with Crippen molar-refractivity contribution in [2.45, 2.75) is 13.8 Å². The molecular weight excluding hydrogens is 254 g/mol. The van der Waals surface area contributed by atoms with Crippen LogP contribution < -0.4 is 5.73 Å². The Hall–Kier alpha value is -1.29. The third-order valence-electron chi connectivity index (χ3n) is 2.46. The first kappa shape index (κ1) is 10.2. The van der Waals surface area contributed by atoms with Crippen molar-refractivity contribution in [1.29, 1.82) is 0 Å². The molecule has 15 heavy (non-hydrogen) atoms. The Kier molecular flexibility index (Phi) is 2.52. The normalized spacial score (nSPS) is 10.6. The van der Waals surface area contributed by atoms with E-state index in [1.807, 2.05) is 6.07 Å². The highest BCUT2D eigenvalue weighted by atomic mass is 79.9. The van der Waals surface area contributed by atoms with E-state index in [-0.39, 0.29) is 0 Å². The predicted octanol–water partition coefficient (Wildman–Crippen LogP) is 3.04. The molecule has 0 aliphatic heterocycles. The minimum Gasteiger partial charge on any atom is -0.369 e. The molecule has 4 heteroatoms. The lowest BCUT2D eigenvalue weighted by molar-refractivity contribution is 1.31. The van der Waals surface area contributed by atoms with Gasteiger partial charge in [-0.3, -0.25) is 0 Å². The first-order chi connectivity index (χ1) is 7.08. The molecule has 0 aliphatic carbocycles. The van der Waals surface area contributed by atoms with Crippen LogP contribution >= 0.6 is 15.9 Å². The standard InChI is InChI=1S/C11H12BrN3/c1-6-3-4-8(5-7(6)2)9-10(12)15-11(13)14-9/h3-5H,1-2H3,(H3,13,14,15). The van der Waals surface area contributed by atoms with Gasteiger partial charge in [0.15, 0.2) is 5.95 Å². The van der Waals surface area contributed by atoms with Gasteiger partial charge in [0.05, 0.1) is 0 Å². The Morgan fingerprint density at radius 1 is 1.27 bits per heavy atom. The number of imidazole rings is 1. The molecule has 2 aromatic rings. The molecule has 0 atom stereocenters. The summed E-state index contributed by atoms with van der Waals surface area (Å²) < 4.78 is 0.822. The van der Waals surface area contributed by atoms with E-state index in [0.717, 1.165) is 15.9 Å². The maximum atomic E-state index is 5.59. The first-order valence-electron chi connectivity index (χ1n) is 4.66. The van der Waals surface area contributed by atoms with Crippen LogP contribution in [0.3, 0.4) is 0 Å². The molecule has 0 saturated heterocycles. The molecule has 78 valence electrons. The highest BCUT2D eigenvalue weighted by molar-refractivity contribution is 9.10. The van der Waals surface area contributed by atoms with Crippen LogP contribution in [0, 0.1) is 13.8 Å². The van der Waals surface area contributed by atoms with E-state index in [0.29, 0.717) is 5.95 Å².